The Labute approximate surface area is 174 Å². The molecule has 3 rings (SSSR count). The van der Waals surface area contributed by atoms with E-state index in [2.05, 4.69) is 10.0 Å². The summed E-state index contributed by atoms with van der Waals surface area (Å²) in [5.41, 5.74) is 1.28. The fraction of sp³-hybridized carbons (Fsp3) is 0.136. The lowest BCUT2D eigenvalue weighted by Gasteiger charge is -2.15. The highest BCUT2D eigenvalue weighted by atomic mass is 32.2. The van der Waals surface area contributed by atoms with Gasteiger partial charge in [0.2, 0.25) is 0 Å². The number of para-hydroxylation sites is 1. The van der Waals surface area contributed by atoms with Crippen molar-refractivity contribution >= 4 is 27.3 Å². The van der Waals surface area contributed by atoms with Crippen LogP contribution in [-0.2, 0) is 14.8 Å². The van der Waals surface area contributed by atoms with Gasteiger partial charge in [0.1, 0.15) is 11.6 Å². The van der Waals surface area contributed by atoms with Gasteiger partial charge in [0.25, 0.3) is 15.9 Å². The Bertz CT molecular complexity index is 1150. The number of hydrogen-bond acceptors (Lipinski definition) is 4. The van der Waals surface area contributed by atoms with Crippen molar-refractivity contribution < 1.29 is 22.3 Å². The minimum atomic E-state index is -3.97. The summed E-state index contributed by atoms with van der Waals surface area (Å²) in [6.07, 6.45) is -0.752. The van der Waals surface area contributed by atoms with E-state index in [1.54, 1.807) is 13.0 Å². The van der Waals surface area contributed by atoms with Crippen LogP contribution < -0.4 is 14.8 Å². The molecule has 0 spiro atoms. The summed E-state index contributed by atoms with van der Waals surface area (Å²) in [5.74, 6) is -0.470. The van der Waals surface area contributed by atoms with E-state index < -0.39 is 21.9 Å². The summed E-state index contributed by atoms with van der Waals surface area (Å²) in [4.78, 5) is 12.3. The maximum absolute atomic E-state index is 13.7. The van der Waals surface area contributed by atoms with Crippen LogP contribution in [0.1, 0.15) is 12.5 Å². The number of nitrogens with one attached hydrogen (secondary N) is 2. The van der Waals surface area contributed by atoms with Crippen molar-refractivity contribution in [1.82, 2.24) is 0 Å². The van der Waals surface area contributed by atoms with Crippen LogP contribution in [0.2, 0.25) is 0 Å². The summed E-state index contributed by atoms with van der Waals surface area (Å²) in [6.45, 7) is 3.54. The standard InChI is InChI=1S/C22H21FN2O4S/c1-15-6-5-7-18(14-15)29-16(2)22(26)24-17-10-12-19(13-11-17)30(27,28)25-21-9-4-3-8-20(21)23/h3-14,16,25H,1-2H3,(H,24,26). The van der Waals surface area contributed by atoms with E-state index in [-0.39, 0.29) is 16.5 Å². The number of ether oxygens (including phenoxy) is 1. The second-order valence-corrected chi connectivity index (χ2v) is 8.36. The van der Waals surface area contributed by atoms with Crippen LogP contribution in [0.5, 0.6) is 5.75 Å². The molecule has 8 heteroatoms. The van der Waals surface area contributed by atoms with Crippen molar-refractivity contribution in [2.45, 2.75) is 24.8 Å². The number of amides is 1. The van der Waals surface area contributed by atoms with Gasteiger partial charge in [-0.15, -0.1) is 0 Å². The lowest BCUT2D eigenvalue weighted by atomic mass is 10.2. The molecule has 1 amide bonds. The molecule has 0 saturated carbocycles. The number of rotatable bonds is 7. The smallest absolute Gasteiger partial charge is 0.265 e. The van der Waals surface area contributed by atoms with E-state index in [9.17, 15) is 17.6 Å². The quantitative estimate of drug-likeness (QED) is 0.586. The fourth-order valence-corrected chi connectivity index (χ4v) is 3.72. The maximum Gasteiger partial charge on any atom is 0.265 e. The summed E-state index contributed by atoms with van der Waals surface area (Å²) < 4.78 is 46.4. The lowest BCUT2D eigenvalue weighted by molar-refractivity contribution is -0.122. The number of benzene rings is 3. The zero-order valence-corrected chi connectivity index (χ0v) is 17.2. The van der Waals surface area contributed by atoms with Crippen molar-refractivity contribution in [2.24, 2.45) is 0 Å². The molecule has 6 nitrogen and oxygen atoms in total. The van der Waals surface area contributed by atoms with E-state index in [1.807, 2.05) is 25.1 Å². The molecule has 0 aromatic heterocycles. The molecule has 156 valence electrons. The van der Waals surface area contributed by atoms with Crippen LogP contribution in [0.4, 0.5) is 15.8 Å². The molecule has 0 fully saturated rings. The van der Waals surface area contributed by atoms with Crippen LogP contribution >= 0.6 is 0 Å². The molecular formula is C22H21FN2O4S. The Morgan fingerprint density at radius 3 is 2.37 bits per heavy atom. The second-order valence-electron chi connectivity index (χ2n) is 6.68. The van der Waals surface area contributed by atoms with Gasteiger partial charge in [-0.25, -0.2) is 12.8 Å². The predicted molar refractivity (Wildman–Crippen MR) is 114 cm³/mol. The number of aryl methyl sites for hydroxylation is 1. The Morgan fingerprint density at radius 2 is 1.70 bits per heavy atom. The highest BCUT2D eigenvalue weighted by Crippen LogP contribution is 2.21. The number of sulfonamides is 1. The molecule has 30 heavy (non-hydrogen) atoms. The third kappa shape index (κ3) is 5.36. The summed E-state index contributed by atoms with van der Waals surface area (Å²) >= 11 is 0. The van der Waals surface area contributed by atoms with Gasteiger partial charge in [-0.2, -0.15) is 0 Å². The minimum Gasteiger partial charge on any atom is -0.481 e. The fourth-order valence-electron chi connectivity index (χ4n) is 2.66. The molecule has 0 aliphatic carbocycles. The highest BCUT2D eigenvalue weighted by Gasteiger charge is 2.18. The van der Waals surface area contributed by atoms with Crippen molar-refractivity contribution in [2.75, 3.05) is 10.0 Å². The van der Waals surface area contributed by atoms with E-state index in [0.29, 0.717) is 11.4 Å². The first-order valence-corrected chi connectivity index (χ1v) is 10.6. The monoisotopic (exact) mass is 428 g/mol. The second kappa shape index (κ2) is 8.96. The first-order valence-electron chi connectivity index (χ1n) is 9.16. The Morgan fingerprint density at radius 1 is 1.00 bits per heavy atom. The van der Waals surface area contributed by atoms with E-state index in [1.165, 1.54) is 42.5 Å². The molecule has 0 aliphatic heterocycles. The number of halogens is 1. The third-order valence-electron chi connectivity index (χ3n) is 4.22. The van der Waals surface area contributed by atoms with Crippen molar-refractivity contribution in [3.8, 4) is 5.75 Å². The van der Waals surface area contributed by atoms with Gasteiger partial charge in [-0.05, 0) is 67.9 Å². The van der Waals surface area contributed by atoms with E-state index in [0.717, 1.165) is 11.6 Å². The largest absolute Gasteiger partial charge is 0.481 e. The van der Waals surface area contributed by atoms with Crippen LogP contribution in [0.25, 0.3) is 0 Å². The molecule has 0 radical (unpaired) electrons. The van der Waals surface area contributed by atoms with Crippen LogP contribution in [0.15, 0.2) is 77.7 Å². The van der Waals surface area contributed by atoms with Crippen LogP contribution in [0.3, 0.4) is 0 Å². The number of carbonyl (C=O) groups excluding carboxylic acids is 1. The molecule has 1 atom stereocenters. The van der Waals surface area contributed by atoms with Crippen LogP contribution in [-0.4, -0.2) is 20.4 Å². The SMILES string of the molecule is Cc1cccc(OC(C)C(=O)Nc2ccc(S(=O)(=O)Nc3ccccc3F)cc2)c1. The maximum atomic E-state index is 13.7. The predicted octanol–water partition coefficient (Wildman–Crippen LogP) is 4.34. The van der Waals surface area contributed by atoms with Gasteiger partial charge in [0, 0.05) is 5.69 Å². The highest BCUT2D eigenvalue weighted by molar-refractivity contribution is 7.92. The average Bonchev–Trinajstić information content (AvgIpc) is 2.70. The number of hydrogen-bond donors (Lipinski definition) is 2. The van der Waals surface area contributed by atoms with Gasteiger partial charge in [-0.1, -0.05) is 24.3 Å². The molecule has 1 unspecified atom stereocenters. The van der Waals surface area contributed by atoms with Gasteiger partial charge in [0.15, 0.2) is 6.10 Å². The van der Waals surface area contributed by atoms with Gasteiger partial charge >= 0.3 is 0 Å². The first-order chi connectivity index (χ1) is 14.2. The minimum absolute atomic E-state index is 0.0622. The zero-order chi connectivity index (χ0) is 21.7. The van der Waals surface area contributed by atoms with Crippen molar-refractivity contribution in [1.29, 1.82) is 0 Å². The first kappa shape index (κ1) is 21.3. The van der Waals surface area contributed by atoms with Crippen molar-refractivity contribution in [3.63, 3.8) is 0 Å². The molecule has 0 bridgehead atoms. The summed E-state index contributed by atoms with van der Waals surface area (Å²) in [7, 11) is -3.97. The summed E-state index contributed by atoms with van der Waals surface area (Å²) in [6, 6.07) is 18.4. The third-order valence-corrected chi connectivity index (χ3v) is 5.60. The average molecular weight is 428 g/mol. The molecular weight excluding hydrogens is 407 g/mol. The molecule has 2 N–H and O–H groups in total. The number of carbonyl (C=O) groups is 1. The Hall–Kier alpha value is -3.39. The van der Waals surface area contributed by atoms with E-state index >= 15 is 0 Å². The molecule has 3 aromatic rings. The normalized spacial score (nSPS) is 12.1. The van der Waals surface area contributed by atoms with Crippen molar-refractivity contribution in [3.05, 3.63) is 84.2 Å². The Kier molecular flexibility index (Phi) is 6.37. The zero-order valence-electron chi connectivity index (χ0n) is 16.4. The van der Waals surface area contributed by atoms with Gasteiger partial charge < -0.3 is 10.1 Å². The van der Waals surface area contributed by atoms with E-state index in [4.69, 9.17) is 4.74 Å². The number of anilines is 2. The lowest BCUT2D eigenvalue weighted by Crippen LogP contribution is -2.30. The van der Waals surface area contributed by atoms with Crippen LogP contribution in [0, 0.1) is 12.7 Å². The Balaban J connectivity index is 1.65. The van der Waals surface area contributed by atoms with Gasteiger partial charge in [0.05, 0.1) is 10.6 Å². The van der Waals surface area contributed by atoms with Gasteiger partial charge in [-0.3, -0.25) is 9.52 Å². The summed E-state index contributed by atoms with van der Waals surface area (Å²) in [5, 5.41) is 2.67. The topological polar surface area (TPSA) is 84.5 Å². The molecule has 0 heterocycles. The molecule has 3 aromatic carbocycles. The molecule has 0 aliphatic rings. The molecule has 0 saturated heterocycles.